The van der Waals surface area contributed by atoms with E-state index in [1.165, 1.54) is 0 Å². The summed E-state index contributed by atoms with van der Waals surface area (Å²) in [6, 6.07) is 16.3. The maximum Gasteiger partial charge on any atom is 0.290 e. The lowest BCUT2D eigenvalue weighted by atomic mass is 9.97. The van der Waals surface area contributed by atoms with Gasteiger partial charge in [0, 0.05) is 6.54 Å². The number of nitrogens with zero attached hydrogens (tertiary/aromatic N) is 1. The molecular formula is C30H29NO6. The predicted molar refractivity (Wildman–Crippen MR) is 141 cm³/mol. The average molecular weight is 500 g/mol. The second-order valence-corrected chi connectivity index (χ2v) is 9.25. The zero-order valence-electron chi connectivity index (χ0n) is 21.6. The van der Waals surface area contributed by atoms with E-state index < -0.39 is 6.04 Å². The second-order valence-electron chi connectivity index (χ2n) is 9.25. The van der Waals surface area contributed by atoms with Crippen molar-refractivity contribution in [1.82, 2.24) is 4.90 Å². The highest BCUT2D eigenvalue weighted by atomic mass is 16.5. The van der Waals surface area contributed by atoms with Crippen LogP contribution in [0.3, 0.4) is 0 Å². The molecular weight excluding hydrogens is 470 g/mol. The average Bonchev–Trinajstić information content (AvgIpc) is 3.19. The van der Waals surface area contributed by atoms with Crippen LogP contribution < -0.4 is 19.6 Å². The van der Waals surface area contributed by atoms with Gasteiger partial charge in [-0.25, -0.2) is 0 Å². The summed E-state index contributed by atoms with van der Waals surface area (Å²) in [7, 11) is 4.77. The van der Waals surface area contributed by atoms with Gasteiger partial charge in [0.15, 0.2) is 16.9 Å². The van der Waals surface area contributed by atoms with Gasteiger partial charge in [-0.05, 0) is 72.9 Å². The zero-order valence-corrected chi connectivity index (χ0v) is 21.6. The number of aryl methyl sites for hydroxylation is 2. The van der Waals surface area contributed by atoms with Gasteiger partial charge in [-0.15, -0.1) is 0 Å². The fourth-order valence-electron chi connectivity index (χ4n) is 5.15. The number of fused-ring (bicyclic) bond motifs is 2. The zero-order chi connectivity index (χ0) is 26.3. The Kier molecular flexibility index (Phi) is 6.38. The van der Waals surface area contributed by atoms with Gasteiger partial charge >= 0.3 is 0 Å². The Balaban J connectivity index is 1.62. The summed E-state index contributed by atoms with van der Waals surface area (Å²) < 4.78 is 22.4. The van der Waals surface area contributed by atoms with Gasteiger partial charge < -0.3 is 23.5 Å². The maximum atomic E-state index is 13.9. The number of methoxy groups -OCH3 is 3. The SMILES string of the molecule is COc1cccc([C@H]2c3c(oc4c(C)cc(C)cc4c3=O)C(=O)N2CCc2ccc(OC)c(OC)c2)c1. The van der Waals surface area contributed by atoms with Crippen LogP contribution in [0.5, 0.6) is 17.2 Å². The van der Waals surface area contributed by atoms with Crippen LogP contribution in [-0.2, 0) is 6.42 Å². The van der Waals surface area contributed by atoms with Crippen LogP contribution in [0.2, 0.25) is 0 Å². The third-order valence-electron chi connectivity index (χ3n) is 6.90. The van der Waals surface area contributed by atoms with Crippen molar-refractivity contribution in [3.8, 4) is 17.2 Å². The Morgan fingerprint density at radius 3 is 2.41 bits per heavy atom. The minimum absolute atomic E-state index is 0.101. The lowest BCUT2D eigenvalue weighted by molar-refractivity contribution is 0.0730. The van der Waals surface area contributed by atoms with Gasteiger partial charge in [0.05, 0.1) is 38.3 Å². The molecule has 2 heterocycles. The number of amides is 1. The van der Waals surface area contributed by atoms with E-state index in [-0.39, 0.29) is 17.1 Å². The molecule has 3 aromatic carbocycles. The number of benzene rings is 3. The molecule has 0 saturated carbocycles. The van der Waals surface area contributed by atoms with E-state index in [4.69, 9.17) is 18.6 Å². The van der Waals surface area contributed by atoms with Crippen LogP contribution >= 0.6 is 0 Å². The van der Waals surface area contributed by atoms with E-state index in [0.29, 0.717) is 46.7 Å². The molecule has 0 spiro atoms. The summed E-state index contributed by atoms with van der Waals surface area (Å²) in [5.74, 6) is 1.70. The Morgan fingerprint density at radius 1 is 0.892 bits per heavy atom. The highest BCUT2D eigenvalue weighted by molar-refractivity contribution is 5.99. The van der Waals surface area contributed by atoms with Gasteiger partial charge in [-0.3, -0.25) is 9.59 Å². The molecule has 0 aliphatic carbocycles. The lowest BCUT2D eigenvalue weighted by Gasteiger charge is -2.25. The first-order chi connectivity index (χ1) is 17.9. The van der Waals surface area contributed by atoms with Crippen molar-refractivity contribution in [1.29, 1.82) is 0 Å². The van der Waals surface area contributed by atoms with E-state index >= 15 is 0 Å². The number of hydrogen-bond donors (Lipinski definition) is 0. The van der Waals surface area contributed by atoms with Crippen LogP contribution in [0, 0.1) is 13.8 Å². The van der Waals surface area contributed by atoms with Gasteiger partial charge in [-0.2, -0.15) is 0 Å². The molecule has 0 unspecified atom stereocenters. The molecule has 37 heavy (non-hydrogen) atoms. The Bertz CT molecular complexity index is 1570. The standard InChI is InChI=1S/C30H29NO6/c1-17-13-18(2)28-22(14-17)27(32)25-26(20-7-6-8-21(16-20)34-3)31(30(33)29(25)37-28)12-11-19-9-10-23(35-4)24(15-19)36-5/h6-10,13-16,26H,11-12H2,1-5H3/t26-/m0/s1. The summed E-state index contributed by atoms with van der Waals surface area (Å²) in [6.45, 7) is 4.20. The van der Waals surface area contributed by atoms with Crippen molar-refractivity contribution < 1.29 is 23.4 Å². The minimum Gasteiger partial charge on any atom is -0.497 e. The first-order valence-electron chi connectivity index (χ1n) is 12.1. The quantitative estimate of drug-likeness (QED) is 0.347. The topological polar surface area (TPSA) is 78.2 Å². The van der Waals surface area contributed by atoms with Gasteiger partial charge in [0.1, 0.15) is 11.3 Å². The van der Waals surface area contributed by atoms with Crippen LogP contribution in [0.4, 0.5) is 0 Å². The number of carbonyl (C=O) groups excluding carboxylic acids is 1. The molecule has 0 bridgehead atoms. The smallest absolute Gasteiger partial charge is 0.290 e. The molecule has 5 rings (SSSR count). The third-order valence-corrected chi connectivity index (χ3v) is 6.90. The number of rotatable bonds is 7. The Morgan fingerprint density at radius 2 is 1.68 bits per heavy atom. The van der Waals surface area contributed by atoms with Gasteiger partial charge in [-0.1, -0.05) is 24.3 Å². The molecule has 0 fully saturated rings. The van der Waals surface area contributed by atoms with Crippen molar-refractivity contribution in [3.63, 3.8) is 0 Å². The molecule has 1 aliphatic heterocycles. The van der Waals surface area contributed by atoms with Crippen LogP contribution in [0.1, 0.15) is 44.4 Å². The van der Waals surface area contributed by atoms with E-state index in [2.05, 4.69) is 0 Å². The van der Waals surface area contributed by atoms with Crippen molar-refractivity contribution >= 4 is 16.9 Å². The summed E-state index contributed by atoms with van der Waals surface area (Å²) in [5, 5.41) is 0.485. The van der Waals surface area contributed by atoms with Crippen LogP contribution in [0.15, 0.2) is 63.8 Å². The van der Waals surface area contributed by atoms with Crippen LogP contribution in [0.25, 0.3) is 11.0 Å². The molecule has 7 nitrogen and oxygen atoms in total. The van der Waals surface area contributed by atoms with Crippen LogP contribution in [-0.4, -0.2) is 38.7 Å². The van der Waals surface area contributed by atoms with E-state index in [9.17, 15) is 9.59 Å². The van der Waals surface area contributed by atoms with E-state index in [0.717, 1.165) is 22.3 Å². The van der Waals surface area contributed by atoms with Crippen molar-refractivity contribution in [2.45, 2.75) is 26.3 Å². The second kappa shape index (κ2) is 9.65. The summed E-state index contributed by atoms with van der Waals surface area (Å²) in [4.78, 5) is 29.4. The highest BCUT2D eigenvalue weighted by Crippen LogP contribution is 2.40. The number of hydrogen-bond acceptors (Lipinski definition) is 6. The summed E-state index contributed by atoms with van der Waals surface area (Å²) in [5.41, 5.74) is 4.18. The normalized spacial score (nSPS) is 14.7. The molecule has 0 radical (unpaired) electrons. The molecule has 0 N–H and O–H groups in total. The maximum absolute atomic E-state index is 13.9. The molecule has 4 aromatic rings. The molecule has 1 atom stereocenters. The molecule has 1 aliphatic rings. The highest BCUT2D eigenvalue weighted by Gasteiger charge is 2.42. The lowest BCUT2D eigenvalue weighted by Crippen LogP contribution is -2.31. The largest absolute Gasteiger partial charge is 0.497 e. The van der Waals surface area contributed by atoms with Gasteiger partial charge in [0.25, 0.3) is 5.91 Å². The van der Waals surface area contributed by atoms with Crippen molar-refractivity contribution in [2.75, 3.05) is 27.9 Å². The Labute approximate surface area is 215 Å². The van der Waals surface area contributed by atoms with Crippen molar-refractivity contribution in [2.24, 2.45) is 0 Å². The fourth-order valence-corrected chi connectivity index (χ4v) is 5.15. The van der Waals surface area contributed by atoms with E-state index in [1.807, 2.05) is 68.4 Å². The number of ether oxygens (including phenoxy) is 3. The summed E-state index contributed by atoms with van der Waals surface area (Å²) in [6.07, 6.45) is 0.548. The van der Waals surface area contributed by atoms with Crippen molar-refractivity contribution in [3.05, 3.63) is 98.4 Å². The molecule has 0 saturated heterocycles. The fraction of sp³-hybridized carbons (Fsp3) is 0.267. The molecule has 1 amide bonds. The first kappa shape index (κ1) is 24.4. The monoisotopic (exact) mass is 499 g/mol. The Hall–Kier alpha value is -4.26. The third kappa shape index (κ3) is 4.20. The van der Waals surface area contributed by atoms with E-state index in [1.54, 1.807) is 26.2 Å². The molecule has 1 aromatic heterocycles. The molecule has 190 valence electrons. The minimum atomic E-state index is -0.598. The van der Waals surface area contributed by atoms with Gasteiger partial charge in [0.2, 0.25) is 5.76 Å². The first-order valence-corrected chi connectivity index (χ1v) is 12.1. The summed E-state index contributed by atoms with van der Waals surface area (Å²) >= 11 is 0. The number of carbonyl (C=O) groups is 1. The molecule has 7 heteroatoms. The predicted octanol–water partition coefficient (Wildman–Crippen LogP) is 5.22.